The van der Waals surface area contributed by atoms with Gasteiger partial charge in [0.25, 0.3) is 0 Å². The average molecular weight is 285 g/mol. The van der Waals surface area contributed by atoms with Crippen molar-refractivity contribution in [1.82, 2.24) is 4.90 Å². The molecule has 2 nitrogen and oxygen atoms in total. The van der Waals surface area contributed by atoms with Crippen molar-refractivity contribution >= 4 is 0 Å². The molecule has 2 heteroatoms. The molecule has 114 valence electrons. The molecule has 0 atom stereocenters. The summed E-state index contributed by atoms with van der Waals surface area (Å²) >= 11 is 0. The Labute approximate surface area is 129 Å². The Balaban J connectivity index is 1.93. The third kappa shape index (κ3) is 5.19. The Kier molecular flexibility index (Phi) is 6.79. The monoisotopic (exact) mass is 285 g/mol. The Bertz CT molecular complexity index is 463. The zero-order valence-corrected chi connectivity index (χ0v) is 13.1. The quantitative estimate of drug-likeness (QED) is 0.836. The molecule has 1 saturated carbocycles. The van der Waals surface area contributed by atoms with Gasteiger partial charge in [0.1, 0.15) is 0 Å². The molecule has 0 radical (unpaired) electrons. The van der Waals surface area contributed by atoms with E-state index in [0.29, 0.717) is 6.42 Å². The minimum atomic E-state index is 0.137. The van der Waals surface area contributed by atoms with Crippen LogP contribution in [0, 0.1) is 11.8 Å². The fourth-order valence-corrected chi connectivity index (χ4v) is 3.09. The second kappa shape index (κ2) is 8.87. The van der Waals surface area contributed by atoms with Crippen LogP contribution >= 0.6 is 0 Å². The summed E-state index contributed by atoms with van der Waals surface area (Å²) in [7, 11) is 0. The van der Waals surface area contributed by atoms with Crippen LogP contribution in [0.25, 0.3) is 0 Å². The van der Waals surface area contributed by atoms with Crippen molar-refractivity contribution in [2.45, 2.75) is 58.0 Å². The molecule has 2 rings (SSSR count). The lowest BCUT2D eigenvalue weighted by Crippen LogP contribution is -2.36. The van der Waals surface area contributed by atoms with Crippen molar-refractivity contribution in [3.63, 3.8) is 0 Å². The second-order valence-electron chi connectivity index (χ2n) is 5.83. The minimum Gasteiger partial charge on any atom is -0.395 e. The molecule has 1 aliphatic carbocycles. The lowest BCUT2D eigenvalue weighted by Gasteiger charge is -2.33. The largest absolute Gasteiger partial charge is 0.395 e. The van der Waals surface area contributed by atoms with E-state index in [1.165, 1.54) is 37.7 Å². The fourth-order valence-electron chi connectivity index (χ4n) is 3.09. The number of hydrogen-bond acceptors (Lipinski definition) is 2. The number of aliphatic hydroxyl groups is 1. The summed E-state index contributed by atoms with van der Waals surface area (Å²) in [6.45, 7) is 4.58. The maximum Gasteiger partial charge on any atom is 0.0540 e. The second-order valence-corrected chi connectivity index (χ2v) is 5.83. The highest BCUT2D eigenvalue weighted by Crippen LogP contribution is 2.23. The molecule has 1 fully saturated rings. The van der Waals surface area contributed by atoms with Crippen LogP contribution in [0.3, 0.4) is 0 Å². The molecule has 0 amide bonds. The number of nitrogens with zero attached hydrogens (tertiary/aromatic N) is 1. The summed E-state index contributed by atoms with van der Waals surface area (Å²) in [4.78, 5) is 2.62. The highest BCUT2D eigenvalue weighted by molar-refractivity contribution is 5.36. The van der Waals surface area contributed by atoms with Gasteiger partial charge in [0.05, 0.1) is 6.61 Å². The van der Waals surface area contributed by atoms with E-state index >= 15 is 0 Å². The zero-order valence-electron chi connectivity index (χ0n) is 13.1. The van der Waals surface area contributed by atoms with Crippen LogP contribution in [0.1, 0.15) is 56.6 Å². The first-order chi connectivity index (χ1) is 10.3. The number of hydrogen-bond donors (Lipinski definition) is 1. The third-order valence-corrected chi connectivity index (χ3v) is 4.31. The molecule has 0 bridgehead atoms. The standard InChI is InChI=1S/C19H27NO/c1-2-20(19-9-4-3-5-10-19)16-18-13-11-17(12-14-18)8-6-7-15-21/h11-14,19,21H,2-5,7,9-10,15-16H2,1H3. The Morgan fingerprint density at radius 1 is 1.14 bits per heavy atom. The highest BCUT2D eigenvalue weighted by Gasteiger charge is 2.19. The predicted octanol–water partition coefficient (Wildman–Crippen LogP) is 3.58. The molecular weight excluding hydrogens is 258 g/mol. The minimum absolute atomic E-state index is 0.137. The van der Waals surface area contributed by atoms with Gasteiger partial charge in [-0.3, -0.25) is 4.90 Å². The smallest absolute Gasteiger partial charge is 0.0540 e. The van der Waals surface area contributed by atoms with Gasteiger partial charge in [-0.1, -0.05) is 50.2 Å². The number of aliphatic hydroxyl groups excluding tert-OH is 1. The van der Waals surface area contributed by atoms with Crippen molar-refractivity contribution in [3.8, 4) is 11.8 Å². The highest BCUT2D eigenvalue weighted by atomic mass is 16.2. The van der Waals surface area contributed by atoms with Gasteiger partial charge in [-0.2, -0.15) is 0 Å². The summed E-state index contributed by atoms with van der Waals surface area (Å²) < 4.78 is 0. The Morgan fingerprint density at radius 2 is 1.86 bits per heavy atom. The van der Waals surface area contributed by atoms with Crippen molar-refractivity contribution in [2.24, 2.45) is 0 Å². The van der Waals surface area contributed by atoms with E-state index in [0.717, 1.165) is 24.7 Å². The number of benzene rings is 1. The molecular formula is C19H27NO. The zero-order chi connectivity index (χ0) is 14.9. The van der Waals surface area contributed by atoms with Crippen LogP contribution in [0.15, 0.2) is 24.3 Å². The first-order valence-corrected chi connectivity index (χ1v) is 8.26. The van der Waals surface area contributed by atoms with Gasteiger partial charge in [-0.15, -0.1) is 0 Å². The summed E-state index contributed by atoms with van der Waals surface area (Å²) in [5.74, 6) is 6.04. The maximum atomic E-state index is 8.73. The summed E-state index contributed by atoms with van der Waals surface area (Å²) in [5, 5.41) is 8.73. The van der Waals surface area contributed by atoms with E-state index in [9.17, 15) is 0 Å². The van der Waals surface area contributed by atoms with Gasteiger partial charge in [-0.05, 0) is 37.1 Å². The molecule has 1 aromatic carbocycles. The van der Waals surface area contributed by atoms with E-state index in [1.807, 2.05) is 0 Å². The van der Waals surface area contributed by atoms with E-state index in [1.54, 1.807) is 0 Å². The van der Waals surface area contributed by atoms with Crippen LogP contribution in [-0.4, -0.2) is 29.2 Å². The van der Waals surface area contributed by atoms with Crippen LogP contribution in [0.4, 0.5) is 0 Å². The predicted molar refractivity (Wildman–Crippen MR) is 88.0 cm³/mol. The first-order valence-electron chi connectivity index (χ1n) is 8.26. The van der Waals surface area contributed by atoms with Crippen molar-refractivity contribution in [2.75, 3.05) is 13.2 Å². The molecule has 0 aliphatic heterocycles. The molecule has 0 spiro atoms. The van der Waals surface area contributed by atoms with E-state index in [2.05, 4.69) is 47.9 Å². The van der Waals surface area contributed by atoms with E-state index < -0.39 is 0 Å². The van der Waals surface area contributed by atoms with E-state index in [4.69, 9.17) is 5.11 Å². The Morgan fingerprint density at radius 3 is 2.48 bits per heavy atom. The molecule has 1 aromatic rings. The van der Waals surface area contributed by atoms with Gasteiger partial charge in [-0.25, -0.2) is 0 Å². The van der Waals surface area contributed by atoms with Crippen LogP contribution in [-0.2, 0) is 6.54 Å². The topological polar surface area (TPSA) is 23.5 Å². The molecule has 0 unspecified atom stereocenters. The first kappa shape index (κ1) is 16.1. The molecule has 0 aromatic heterocycles. The average Bonchev–Trinajstić information content (AvgIpc) is 2.55. The van der Waals surface area contributed by atoms with Crippen LogP contribution < -0.4 is 0 Å². The van der Waals surface area contributed by atoms with Gasteiger partial charge < -0.3 is 5.11 Å². The van der Waals surface area contributed by atoms with Gasteiger partial charge in [0, 0.05) is 24.6 Å². The normalized spacial score (nSPS) is 15.8. The fraction of sp³-hybridized carbons (Fsp3) is 0.579. The molecule has 1 aliphatic rings. The Hall–Kier alpha value is -1.30. The third-order valence-electron chi connectivity index (χ3n) is 4.31. The molecule has 1 N–H and O–H groups in total. The lowest BCUT2D eigenvalue weighted by molar-refractivity contribution is 0.156. The number of rotatable bonds is 5. The molecule has 0 heterocycles. The molecule has 21 heavy (non-hydrogen) atoms. The van der Waals surface area contributed by atoms with E-state index in [-0.39, 0.29) is 6.61 Å². The molecule has 0 saturated heterocycles. The van der Waals surface area contributed by atoms with Gasteiger partial charge in [0.2, 0.25) is 0 Å². The summed E-state index contributed by atoms with van der Waals surface area (Å²) in [5.41, 5.74) is 2.41. The van der Waals surface area contributed by atoms with Gasteiger partial charge in [0.15, 0.2) is 0 Å². The van der Waals surface area contributed by atoms with Gasteiger partial charge >= 0.3 is 0 Å². The van der Waals surface area contributed by atoms with Crippen molar-refractivity contribution in [3.05, 3.63) is 35.4 Å². The summed E-state index contributed by atoms with van der Waals surface area (Å²) in [6, 6.07) is 9.33. The van der Waals surface area contributed by atoms with Crippen LogP contribution in [0.2, 0.25) is 0 Å². The summed E-state index contributed by atoms with van der Waals surface area (Å²) in [6.07, 6.45) is 7.46. The maximum absolute atomic E-state index is 8.73. The SMILES string of the molecule is CCN(Cc1ccc(C#CCCO)cc1)C1CCCCC1. The lowest BCUT2D eigenvalue weighted by atomic mass is 9.94. The van der Waals surface area contributed by atoms with Crippen LogP contribution in [0.5, 0.6) is 0 Å². The van der Waals surface area contributed by atoms with Crippen molar-refractivity contribution < 1.29 is 5.11 Å². The van der Waals surface area contributed by atoms with Crippen molar-refractivity contribution in [1.29, 1.82) is 0 Å².